The van der Waals surface area contributed by atoms with E-state index in [-0.39, 0.29) is 12.0 Å². The fraction of sp³-hybridized carbons (Fsp3) is 0.389. The Hall–Kier alpha value is -2.81. The van der Waals surface area contributed by atoms with Gasteiger partial charge in [-0.1, -0.05) is 0 Å². The summed E-state index contributed by atoms with van der Waals surface area (Å²) in [5, 5.41) is 13.1. The Kier molecular flexibility index (Phi) is 3.69. The van der Waals surface area contributed by atoms with Crippen molar-refractivity contribution in [1.82, 2.24) is 14.7 Å². The van der Waals surface area contributed by atoms with Gasteiger partial charge in [-0.15, -0.1) is 0 Å². The molecule has 3 heterocycles. The van der Waals surface area contributed by atoms with E-state index in [1.165, 1.54) is 0 Å². The van der Waals surface area contributed by atoms with Gasteiger partial charge in [-0.25, -0.2) is 0 Å². The molecule has 4 rings (SSSR count). The van der Waals surface area contributed by atoms with Gasteiger partial charge in [-0.05, 0) is 43.5 Å². The average Bonchev–Trinajstić information content (AvgIpc) is 3.02. The number of aryl methyl sites for hydroxylation is 1. The monoisotopic (exact) mass is 322 g/mol. The van der Waals surface area contributed by atoms with E-state index in [0.717, 1.165) is 42.8 Å². The number of fused-ring (bicyclic) bond motifs is 1. The van der Waals surface area contributed by atoms with Gasteiger partial charge < -0.3 is 9.64 Å². The maximum atomic E-state index is 12.6. The van der Waals surface area contributed by atoms with Gasteiger partial charge in [0.15, 0.2) is 0 Å². The molecule has 6 nitrogen and oxygen atoms in total. The first-order chi connectivity index (χ1) is 11.7. The Morgan fingerprint density at radius 2 is 2.04 bits per heavy atom. The number of carbonyl (C=O) groups is 1. The highest BCUT2D eigenvalue weighted by Gasteiger charge is 2.34. The number of ether oxygens (including phenoxy) is 1. The first-order valence-electron chi connectivity index (χ1n) is 8.25. The van der Waals surface area contributed by atoms with Crippen LogP contribution in [0.1, 0.15) is 34.5 Å². The van der Waals surface area contributed by atoms with Gasteiger partial charge in [0, 0.05) is 6.54 Å². The Morgan fingerprint density at radius 3 is 2.79 bits per heavy atom. The van der Waals surface area contributed by atoms with Crippen LogP contribution in [0.25, 0.3) is 0 Å². The number of benzene rings is 1. The maximum absolute atomic E-state index is 12.6. The van der Waals surface area contributed by atoms with Crippen LogP contribution in [0.3, 0.4) is 0 Å². The molecular formula is C18H18N4O2. The molecule has 2 aliphatic heterocycles. The second kappa shape index (κ2) is 6.00. The minimum atomic E-state index is 0.00767. The van der Waals surface area contributed by atoms with Crippen LogP contribution in [0.15, 0.2) is 30.5 Å². The molecule has 6 heteroatoms. The van der Waals surface area contributed by atoms with Crippen molar-refractivity contribution in [2.75, 3.05) is 13.1 Å². The number of rotatable bonds is 3. The molecule has 0 bridgehead atoms. The second-order valence-corrected chi connectivity index (χ2v) is 6.27. The van der Waals surface area contributed by atoms with Crippen molar-refractivity contribution >= 4 is 5.91 Å². The van der Waals surface area contributed by atoms with Crippen molar-refractivity contribution in [3.05, 3.63) is 47.3 Å². The van der Waals surface area contributed by atoms with Gasteiger partial charge >= 0.3 is 0 Å². The van der Waals surface area contributed by atoms with Gasteiger partial charge in [-0.2, -0.15) is 10.4 Å². The normalized spacial score (nSPS) is 16.9. The Morgan fingerprint density at radius 1 is 1.25 bits per heavy atom. The molecule has 1 aromatic heterocycles. The molecule has 0 radical (unpaired) electrons. The summed E-state index contributed by atoms with van der Waals surface area (Å²) in [6.07, 6.45) is 4.90. The third-order valence-corrected chi connectivity index (χ3v) is 4.63. The van der Waals surface area contributed by atoms with Gasteiger partial charge in [0.2, 0.25) is 0 Å². The fourth-order valence-electron chi connectivity index (χ4n) is 3.25. The van der Waals surface area contributed by atoms with Crippen LogP contribution in [0.2, 0.25) is 0 Å². The lowest BCUT2D eigenvalue weighted by atomic mass is 10.0. The molecule has 1 fully saturated rings. The number of likely N-dealkylation sites (tertiary alicyclic amines) is 1. The predicted molar refractivity (Wildman–Crippen MR) is 86.6 cm³/mol. The molecule has 0 spiro atoms. The molecular weight excluding hydrogens is 304 g/mol. The van der Waals surface area contributed by atoms with E-state index in [1.54, 1.807) is 35.4 Å². The summed E-state index contributed by atoms with van der Waals surface area (Å²) in [7, 11) is 0. The lowest BCUT2D eigenvalue weighted by Gasteiger charge is -2.39. The summed E-state index contributed by atoms with van der Waals surface area (Å²) in [6, 6.07) is 9.12. The number of amides is 1. The molecule has 2 aromatic rings. The van der Waals surface area contributed by atoms with E-state index in [4.69, 9.17) is 10.00 Å². The summed E-state index contributed by atoms with van der Waals surface area (Å²) >= 11 is 0. The summed E-state index contributed by atoms with van der Waals surface area (Å²) in [6.45, 7) is 2.08. The van der Waals surface area contributed by atoms with Crippen LogP contribution >= 0.6 is 0 Å². The van der Waals surface area contributed by atoms with Crippen LogP contribution in [-0.2, 0) is 13.0 Å². The largest absolute Gasteiger partial charge is 0.487 e. The molecule has 122 valence electrons. The van der Waals surface area contributed by atoms with E-state index in [0.29, 0.717) is 18.7 Å². The summed E-state index contributed by atoms with van der Waals surface area (Å²) in [5.74, 6) is 0.784. The molecule has 1 amide bonds. The van der Waals surface area contributed by atoms with Crippen LogP contribution in [0.4, 0.5) is 0 Å². The molecule has 1 aromatic carbocycles. The summed E-state index contributed by atoms with van der Waals surface area (Å²) in [4.78, 5) is 14.4. The van der Waals surface area contributed by atoms with Crippen LogP contribution < -0.4 is 4.74 Å². The number of nitriles is 1. The van der Waals surface area contributed by atoms with E-state index in [1.807, 2.05) is 4.68 Å². The lowest BCUT2D eigenvalue weighted by Crippen LogP contribution is -2.56. The zero-order chi connectivity index (χ0) is 16.5. The highest BCUT2D eigenvalue weighted by molar-refractivity contribution is 5.95. The van der Waals surface area contributed by atoms with E-state index < -0.39 is 0 Å². The number of aromatic nitrogens is 2. The van der Waals surface area contributed by atoms with Gasteiger partial charge in [0.05, 0.1) is 42.2 Å². The number of hydrogen-bond donors (Lipinski definition) is 0. The molecule has 2 aliphatic rings. The molecule has 0 atom stereocenters. The summed E-state index contributed by atoms with van der Waals surface area (Å²) < 4.78 is 7.80. The van der Waals surface area contributed by atoms with Crippen LogP contribution in [0, 0.1) is 11.3 Å². The van der Waals surface area contributed by atoms with Gasteiger partial charge in [0.1, 0.15) is 11.9 Å². The average molecular weight is 322 g/mol. The Balaban J connectivity index is 1.36. The zero-order valence-electron chi connectivity index (χ0n) is 13.3. The van der Waals surface area contributed by atoms with Crippen molar-refractivity contribution in [1.29, 1.82) is 5.26 Å². The smallest absolute Gasteiger partial charge is 0.257 e. The van der Waals surface area contributed by atoms with E-state index >= 15 is 0 Å². The number of hydrogen-bond acceptors (Lipinski definition) is 4. The topological polar surface area (TPSA) is 71.2 Å². The minimum absolute atomic E-state index is 0.00767. The quantitative estimate of drug-likeness (QED) is 0.866. The summed E-state index contributed by atoms with van der Waals surface area (Å²) in [5.41, 5.74) is 2.42. The van der Waals surface area contributed by atoms with Crippen molar-refractivity contribution in [3.8, 4) is 11.8 Å². The molecule has 0 aliphatic carbocycles. The predicted octanol–water partition coefficient (Wildman–Crippen LogP) is 1.99. The fourth-order valence-corrected chi connectivity index (χ4v) is 3.25. The Labute approximate surface area is 140 Å². The minimum Gasteiger partial charge on any atom is -0.487 e. The number of carbonyl (C=O) groups excluding carboxylic acids is 1. The Bertz CT molecular complexity index is 797. The molecule has 0 unspecified atom stereocenters. The molecule has 0 saturated carbocycles. The zero-order valence-corrected chi connectivity index (χ0v) is 13.3. The van der Waals surface area contributed by atoms with Crippen LogP contribution in [0.5, 0.6) is 5.75 Å². The van der Waals surface area contributed by atoms with Crippen molar-refractivity contribution in [3.63, 3.8) is 0 Å². The highest BCUT2D eigenvalue weighted by atomic mass is 16.5. The SMILES string of the molecule is N#Cc1ccc(OC2CN(C(=O)c3cnn4c3CCCC4)C2)cc1. The van der Waals surface area contributed by atoms with Gasteiger partial charge in [0.25, 0.3) is 5.91 Å². The standard InChI is InChI=1S/C18H18N4O2/c19-9-13-4-6-14(7-5-13)24-15-11-21(12-15)18(23)16-10-20-22-8-2-1-3-17(16)22/h4-7,10,15H,1-3,8,11-12H2. The van der Waals surface area contributed by atoms with Crippen LogP contribution in [-0.4, -0.2) is 39.8 Å². The first-order valence-corrected chi connectivity index (χ1v) is 8.25. The third-order valence-electron chi connectivity index (χ3n) is 4.63. The highest BCUT2D eigenvalue weighted by Crippen LogP contribution is 2.24. The van der Waals surface area contributed by atoms with Crippen molar-refractivity contribution in [2.45, 2.75) is 31.9 Å². The van der Waals surface area contributed by atoms with Crippen molar-refractivity contribution < 1.29 is 9.53 Å². The van der Waals surface area contributed by atoms with Crippen molar-refractivity contribution in [2.24, 2.45) is 0 Å². The molecule has 0 N–H and O–H groups in total. The van der Waals surface area contributed by atoms with E-state index in [9.17, 15) is 4.79 Å². The number of nitrogens with zero attached hydrogens (tertiary/aromatic N) is 4. The maximum Gasteiger partial charge on any atom is 0.257 e. The lowest BCUT2D eigenvalue weighted by molar-refractivity contribution is 0.0177. The third kappa shape index (κ3) is 2.62. The molecule has 1 saturated heterocycles. The first kappa shape index (κ1) is 14.8. The second-order valence-electron chi connectivity index (χ2n) is 6.27. The molecule has 24 heavy (non-hydrogen) atoms. The van der Waals surface area contributed by atoms with Gasteiger partial charge in [-0.3, -0.25) is 9.48 Å². The van der Waals surface area contributed by atoms with E-state index in [2.05, 4.69) is 11.2 Å².